The smallest absolute Gasteiger partial charge is 0.335 e. The molecule has 2 N–H and O–H groups in total. The summed E-state index contributed by atoms with van der Waals surface area (Å²) in [7, 11) is 0. The number of nitrogens with zero attached hydrogens (tertiary/aromatic N) is 1. The van der Waals surface area contributed by atoms with E-state index >= 15 is 0 Å². The largest absolute Gasteiger partial charge is 0.478 e. The highest BCUT2D eigenvalue weighted by Gasteiger charge is 2.03. The van der Waals surface area contributed by atoms with Gasteiger partial charge in [-0.05, 0) is 25.1 Å². The summed E-state index contributed by atoms with van der Waals surface area (Å²) >= 11 is 1.65. The Labute approximate surface area is 109 Å². The van der Waals surface area contributed by atoms with Gasteiger partial charge < -0.3 is 10.4 Å². The van der Waals surface area contributed by atoms with Gasteiger partial charge in [-0.1, -0.05) is 6.07 Å². The Kier molecular flexibility index (Phi) is 3.94. The minimum absolute atomic E-state index is 0.296. The average Bonchev–Trinajstić information content (AvgIpc) is 2.75. The number of rotatable bonds is 5. The Morgan fingerprint density at radius 1 is 1.50 bits per heavy atom. The van der Waals surface area contributed by atoms with Crippen molar-refractivity contribution < 1.29 is 9.90 Å². The molecule has 0 fully saturated rings. The second-order valence-electron chi connectivity index (χ2n) is 3.95. The molecule has 0 spiro atoms. The number of hydrogen-bond acceptors (Lipinski definition) is 4. The lowest BCUT2D eigenvalue weighted by Crippen LogP contribution is -2.05. The van der Waals surface area contributed by atoms with Gasteiger partial charge in [0, 0.05) is 29.7 Å². The van der Waals surface area contributed by atoms with E-state index in [0.717, 1.165) is 29.4 Å². The summed E-state index contributed by atoms with van der Waals surface area (Å²) < 4.78 is 0. The highest BCUT2D eigenvalue weighted by atomic mass is 32.1. The van der Waals surface area contributed by atoms with Crippen molar-refractivity contribution in [3.8, 4) is 0 Å². The number of hydrogen-bond donors (Lipinski definition) is 2. The first-order chi connectivity index (χ1) is 8.65. The Hall–Kier alpha value is -1.88. The molecule has 1 aromatic heterocycles. The molecular formula is C13H14N2O2S. The van der Waals surface area contributed by atoms with Crippen LogP contribution in [0.2, 0.25) is 0 Å². The van der Waals surface area contributed by atoms with Crippen molar-refractivity contribution >= 4 is 23.0 Å². The van der Waals surface area contributed by atoms with Crippen molar-refractivity contribution in [3.63, 3.8) is 0 Å². The zero-order valence-electron chi connectivity index (χ0n) is 10.0. The van der Waals surface area contributed by atoms with E-state index in [1.54, 1.807) is 29.5 Å². The van der Waals surface area contributed by atoms with Gasteiger partial charge in [-0.3, -0.25) is 0 Å². The fourth-order valence-corrected chi connectivity index (χ4v) is 2.37. The van der Waals surface area contributed by atoms with Crippen molar-refractivity contribution in [1.82, 2.24) is 4.98 Å². The van der Waals surface area contributed by atoms with Crippen molar-refractivity contribution in [1.29, 1.82) is 0 Å². The maximum Gasteiger partial charge on any atom is 0.335 e. The number of carboxylic acid groups (broad SMARTS) is 1. The third-order valence-corrected chi connectivity index (χ3v) is 3.47. The zero-order chi connectivity index (χ0) is 13.0. The third-order valence-electron chi connectivity index (χ3n) is 2.44. The quantitative estimate of drug-likeness (QED) is 0.869. The first kappa shape index (κ1) is 12.6. The molecule has 0 aliphatic rings. The summed E-state index contributed by atoms with van der Waals surface area (Å²) in [6, 6.07) is 6.81. The molecule has 0 aliphatic heterocycles. The van der Waals surface area contributed by atoms with E-state index in [0.29, 0.717) is 5.56 Å². The van der Waals surface area contributed by atoms with Gasteiger partial charge in [-0.25, -0.2) is 9.78 Å². The SMILES string of the molecule is Cc1csc(CCNc2cccc(C(=O)O)c2)n1. The van der Waals surface area contributed by atoms with E-state index in [4.69, 9.17) is 5.11 Å². The van der Waals surface area contributed by atoms with Crippen LogP contribution in [0.3, 0.4) is 0 Å². The topological polar surface area (TPSA) is 62.2 Å². The van der Waals surface area contributed by atoms with Crippen LogP contribution in [-0.4, -0.2) is 22.6 Å². The van der Waals surface area contributed by atoms with Crippen molar-refractivity contribution in [2.45, 2.75) is 13.3 Å². The van der Waals surface area contributed by atoms with Gasteiger partial charge in [0.25, 0.3) is 0 Å². The molecule has 1 heterocycles. The van der Waals surface area contributed by atoms with Crippen LogP contribution in [0.25, 0.3) is 0 Å². The number of nitrogens with one attached hydrogen (secondary N) is 1. The van der Waals surface area contributed by atoms with Gasteiger partial charge in [-0.2, -0.15) is 0 Å². The standard InChI is InChI=1S/C13H14N2O2S/c1-9-8-18-12(15-9)5-6-14-11-4-2-3-10(7-11)13(16)17/h2-4,7-8,14H,5-6H2,1H3,(H,16,17). The normalized spacial score (nSPS) is 10.3. The van der Waals surface area contributed by atoms with Crippen molar-refractivity contribution in [2.24, 2.45) is 0 Å². The Bertz CT molecular complexity index is 551. The van der Waals surface area contributed by atoms with Crippen LogP contribution in [-0.2, 0) is 6.42 Å². The number of aromatic carboxylic acids is 1. The van der Waals surface area contributed by atoms with Crippen LogP contribution in [0.5, 0.6) is 0 Å². The second-order valence-corrected chi connectivity index (χ2v) is 4.89. The Morgan fingerprint density at radius 3 is 3.00 bits per heavy atom. The molecule has 5 heteroatoms. The van der Waals surface area contributed by atoms with Crippen molar-refractivity contribution in [2.75, 3.05) is 11.9 Å². The van der Waals surface area contributed by atoms with E-state index < -0.39 is 5.97 Å². The summed E-state index contributed by atoms with van der Waals surface area (Å²) in [5.74, 6) is -0.908. The number of aromatic nitrogens is 1. The predicted molar refractivity (Wildman–Crippen MR) is 72.4 cm³/mol. The summed E-state index contributed by atoms with van der Waals surface area (Å²) in [6.45, 7) is 2.72. The highest BCUT2D eigenvalue weighted by Crippen LogP contribution is 2.12. The van der Waals surface area contributed by atoms with Crippen LogP contribution in [0.4, 0.5) is 5.69 Å². The van der Waals surface area contributed by atoms with Gasteiger partial charge in [0.15, 0.2) is 0 Å². The molecule has 0 atom stereocenters. The Morgan fingerprint density at radius 2 is 2.33 bits per heavy atom. The second kappa shape index (κ2) is 5.64. The monoisotopic (exact) mass is 262 g/mol. The maximum atomic E-state index is 10.8. The third kappa shape index (κ3) is 3.30. The van der Waals surface area contributed by atoms with Crippen LogP contribution in [0, 0.1) is 6.92 Å². The maximum absolute atomic E-state index is 10.8. The molecule has 0 saturated heterocycles. The van der Waals surface area contributed by atoms with Crippen LogP contribution in [0.15, 0.2) is 29.6 Å². The van der Waals surface area contributed by atoms with Crippen LogP contribution >= 0.6 is 11.3 Å². The lowest BCUT2D eigenvalue weighted by Gasteiger charge is -2.05. The van der Waals surface area contributed by atoms with E-state index in [9.17, 15) is 4.79 Å². The molecule has 0 aliphatic carbocycles. The molecule has 0 amide bonds. The number of thiazole rings is 1. The molecule has 2 aromatic rings. The minimum atomic E-state index is -0.908. The highest BCUT2D eigenvalue weighted by molar-refractivity contribution is 7.09. The average molecular weight is 262 g/mol. The fraction of sp³-hybridized carbons (Fsp3) is 0.231. The van der Waals surface area contributed by atoms with Crippen molar-refractivity contribution in [3.05, 3.63) is 45.9 Å². The van der Waals surface area contributed by atoms with Gasteiger partial charge in [0.1, 0.15) is 0 Å². The number of anilines is 1. The Balaban J connectivity index is 1.90. The summed E-state index contributed by atoms with van der Waals surface area (Å²) in [5.41, 5.74) is 2.16. The molecule has 0 unspecified atom stereocenters. The minimum Gasteiger partial charge on any atom is -0.478 e. The predicted octanol–water partition coefficient (Wildman–Crippen LogP) is 2.80. The van der Waals surface area contributed by atoms with E-state index in [1.165, 1.54) is 0 Å². The summed E-state index contributed by atoms with van der Waals surface area (Å²) in [4.78, 5) is 15.2. The molecule has 0 bridgehead atoms. The number of aryl methyl sites for hydroxylation is 1. The number of carboxylic acids is 1. The molecular weight excluding hydrogens is 248 g/mol. The number of benzene rings is 1. The molecule has 1 aromatic carbocycles. The molecule has 94 valence electrons. The summed E-state index contributed by atoms with van der Waals surface area (Å²) in [5, 5.41) is 15.2. The summed E-state index contributed by atoms with van der Waals surface area (Å²) in [6.07, 6.45) is 0.843. The lowest BCUT2D eigenvalue weighted by atomic mass is 10.2. The molecule has 0 saturated carbocycles. The lowest BCUT2D eigenvalue weighted by molar-refractivity contribution is 0.0697. The van der Waals surface area contributed by atoms with Crippen LogP contribution in [0.1, 0.15) is 21.1 Å². The van der Waals surface area contributed by atoms with Gasteiger partial charge in [0.05, 0.1) is 10.6 Å². The van der Waals surface area contributed by atoms with Gasteiger partial charge in [0.2, 0.25) is 0 Å². The fourth-order valence-electron chi connectivity index (χ4n) is 1.59. The zero-order valence-corrected chi connectivity index (χ0v) is 10.8. The van der Waals surface area contributed by atoms with E-state index in [-0.39, 0.29) is 0 Å². The van der Waals surface area contributed by atoms with E-state index in [1.807, 2.05) is 18.4 Å². The molecule has 4 nitrogen and oxygen atoms in total. The number of carbonyl (C=O) groups is 1. The van der Waals surface area contributed by atoms with Gasteiger partial charge >= 0.3 is 5.97 Å². The first-order valence-corrected chi connectivity index (χ1v) is 6.51. The van der Waals surface area contributed by atoms with Gasteiger partial charge in [-0.15, -0.1) is 11.3 Å². The van der Waals surface area contributed by atoms with Crippen LogP contribution < -0.4 is 5.32 Å². The first-order valence-electron chi connectivity index (χ1n) is 5.63. The molecule has 18 heavy (non-hydrogen) atoms. The molecule has 2 rings (SSSR count). The molecule has 0 radical (unpaired) electrons. The van der Waals surface area contributed by atoms with E-state index in [2.05, 4.69) is 10.3 Å².